The van der Waals surface area contributed by atoms with E-state index in [2.05, 4.69) is 10.6 Å². The van der Waals surface area contributed by atoms with Crippen molar-refractivity contribution < 1.29 is 4.79 Å². The lowest BCUT2D eigenvalue weighted by atomic mass is 10.0. The van der Waals surface area contributed by atoms with E-state index in [1.807, 2.05) is 54.6 Å². The summed E-state index contributed by atoms with van der Waals surface area (Å²) in [4.78, 5) is 12.2. The Kier molecular flexibility index (Phi) is 5.30. The molecule has 0 fully saturated rings. The van der Waals surface area contributed by atoms with Gasteiger partial charge >= 0.3 is 0 Å². The van der Waals surface area contributed by atoms with Gasteiger partial charge in [-0.05, 0) is 47.5 Å². The highest BCUT2D eigenvalue weighted by Crippen LogP contribution is 2.37. The van der Waals surface area contributed by atoms with Crippen LogP contribution in [0.1, 0.15) is 21.5 Å². The molecule has 0 atom stereocenters. The van der Waals surface area contributed by atoms with Crippen LogP contribution in [-0.2, 0) is 6.54 Å². The number of nitrogens with zero attached hydrogens (tertiary/aromatic N) is 2. The van der Waals surface area contributed by atoms with Crippen LogP contribution < -0.4 is 5.73 Å². The normalized spacial score (nSPS) is 11.1. The summed E-state index contributed by atoms with van der Waals surface area (Å²) in [6.45, 7) is 0.462. The summed E-state index contributed by atoms with van der Waals surface area (Å²) >= 11 is 12.6. The first-order chi connectivity index (χ1) is 16.0. The van der Waals surface area contributed by atoms with E-state index >= 15 is 0 Å². The Morgan fingerprint density at radius 3 is 2.52 bits per heavy atom. The molecule has 0 aliphatic rings. The monoisotopic (exact) mass is 469 g/mol. The van der Waals surface area contributed by atoms with Gasteiger partial charge in [-0.15, -0.1) is 0 Å². The summed E-state index contributed by atoms with van der Waals surface area (Å²) in [5.41, 5.74) is 11.2. The molecule has 4 nitrogen and oxygen atoms in total. The lowest BCUT2D eigenvalue weighted by Crippen LogP contribution is -2.11. The van der Waals surface area contributed by atoms with Gasteiger partial charge in [-0.25, -0.2) is 0 Å². The van der Waals surface area contributed by atoms with Crippen molar-refractivity contribution in [2.45, 2.75) is 6.54 Å². The number of carbonyl (C=O) groups is 1. The van der Waals surface area contributed by atoms with Crippen LogP contribution in [0, 0.1) is 11.3 Å². The van der Waals surface area contributed by atoms with E-state index in [9.17, 15) is 10.1 Å². The predicted molar refractivity (Wildman–Crippen MR) is 134 cm³/mol. The van der Waals surface area contributed by atoms with Gasteiger partial charge in [0.1, 0.15) is 0 Å². The first-order valence-corrected chi connectivity index (χ1v) is 11.0. The van der Waals surface area contributed by atoms with Crippen molar-refractivity contribution in [1.82, 2.24) is 4.57 Å². The fraction of sp³-hybridized carbons (Fsp3) is 0.0370. The zero-order chi connectivity index (χ0) is 23.1. The Hall–Kier alpha value is -3.78. The molecule has 0 aliphatic heterocycles. The molecule has 160 valence electrons. The molecule has 0 aliphatic carbocycles. The number of hydrogen-bond donors (Lipinski definition) is 1. The minimum Gasteiger partial charge on any atom is -0.366 e. The van der Waals surface area contributed by atoms with Crippen LogP contribution >= 0.6 is 23.2 Å². The van der Waals surface area contributed by atoms with Crippen LogP contribution in [-0.4, -0.2) is 10.5 Å². The van der Waals surface area contributed by atoms with E-state index in [0.29, 0.717) is 27.7 Å². The summed E-state index contributed by atoms with van der Waals surface area (Å²) in [7, 11) is 0. The maximum atomic E-state index is 12.2. The van der Waals surface area contributed by atoms with Crippen LogP contribution in [0.2, 0.25) is 10.0 Å². The average Bonchev–Trinajstić information content (AvgIpc) is 3.12. The van der Waals surface area contributed by atoms with Crippen molar-refractivity contribution in [2.75, 3.05) is 0 Å². The van der Waals surface area contributed by atoms with Gasteiger partial charge in [0.25, 0.3) is 0 Å². The Balaban J connectivity index is 1.83. The number of nitriles is 1. The molecular weight excluding hydrogens is 453 g/mol. The van der Waals surface area contributed by atoms with E-state index in [-0.39, 0.29) is 0 Å². The summed E-state index contributed by atoms with van der Waals surface area (Å²) in [6.07, 6.45) is 0. The first kappa shape index (κ1) is 21.1. The fourth-order valence-corrected chi connectivity index (χ4v) is 4.87. The Labute approximate surface area is 200 Å². The average molecular weight is 470 g/mol. The van der Waals surface area contributed by atoms with Crippen LogP contribution in [0.25, 0.3) is 32.9 Å². The van der Waals surface area contributed by atoms with Crippen LogP contribution in [0.3, 0.4) is 0 Å². The van der Waals surface area contributed by atoms with Crippen molar-refractivity contribution in [3.05, 3.63) is 106 Å². The first-order valence-electron chi connectivity index (χ1n) is 10.3. The standard InChI is InChI=1S/C27H17Cl2N3O/c28-19-9-11-20(23(29)13-19)16-8-10-21-25(12-16)32(15-18-5-2-1-4-17(18)14-30)24-7-3-6-22(26(21)24)27(31)33/h1-13H,15H2,(H2,31,33). The number of nitrogens with two attached hydrogens (primary N) is 1. The molecule has 6 heteroatoms. The van der Waals surface area contributed by atoms with Gasteiger partial charge in [-0.2, -0.15) is 5.26 Å². The zero-order valence-corrected chi connectivity index (χ0v) is 18.9. The van der Waals surface area contributed by atoms with Gasteiger partial charge in [0, 0.05) is 38.5 Å². The molecule has 1 heterocycles. The molecule has 2 N–H and O–H groups in total. The highest BCUT2D eigenvalue weighted by molar-refractivity contribution is 6.36. The van der Waals surface area contributed by atoms with Gasteiger partial charge < -0.3 is 10.3 Å². The molecular formula is C27H17Cl2N3O. The molecule has 1 aromatic heterocycles. The largest absolute Gasteiger partial charge is 0.366 e. The maximum Gasteiger partial charge on any atom is 0.249 e. The van der Waals surface area contributed by atoms with Gasteiger partial charge in [0.15, 0.2) is 0 Å². The van der Waals surface area contributed by atoms with Gasteiger partial charge in [0.05, 0.1) is 22.7 Å². The molecule has 0 bridgehead atoms. The minimum atomic E-state index is -0.484. The van der Waals surface area contributed by atoms with Gasteiger partial charge in [0.2, 0.25) is 5.91 Å². The summed E-state index contributed by atoms with van der Waals surface area (Å²) in [5.74, 6) is -0.484. The minimum absolute atomic E-state index is 0.460. The van der Waals surface area contributed by atoms with Crippen LogP contribution in [0.4, 0.5) is 0 Å². The molecule has 0 radical (unpaired) electrons. The molecule has 0 unspecified atom stereocenters. The Morgan fingerprint density at radius 1 is 0.939 bits per heavy atom. The Bertz CT molecular complexity index is 1610. The number of primary amides is 1. The molecule has 4 aromatic carbocycles. The lowest BCUT2D eigenvalue weighted by molar-refractivity contribution is 0.100. The van der Waals surface area contributed by atoms with Crippen molar-refractivity contribution in [3.63, 3.8) is 0 Å². The highest BCUT2D eigenvalue weighted by Gasteiger charge is 2.18. The summed E-state index contributed by atoms with van der Waals surface area (Å²) in [6, 6.07) is 26.7. The maximum absolute atomic E-state index is 12.2. The third kappa shape index (κ3) is 3.62. The van der Waals surface area contributed by atoms with E-state index in [1.165, 1.54) is 0 Å². The summed E-state index contributed by atoms with van der Waals surface area (Å²) < 4.78 is 2.11. The number of rotatable bonds is 4. The molecule has 33 heavy (non-hydrogen) atoms. The quantitative estimate of drug-likeness (QED) is 0.314. The second-order valence-electron chi connectivity index (χ2n) is 7.78. The number of carbonyl (C=O) groups excluding carboxylic acids is 1. The van der Waals surface area contributed by atoms with Crippen molar-refractivity contribution in [1.29, 1.82) is 5.26 Å². The smallest absolute Gasteiger partial charge is 0.249 e. The fourth-order valence-electron chi connectivity index (χ4n) is 4.35. The SMILES string of the molecule is N#Cc1ccccc1Cn1c2cc(-c3ccc(Cl)cc3Cl)ccc2c2c(C(N)=O)cccc21. The molecule has 0 saturated carbocycles. The van der Waals surface area contributed by atoms with E-state index in [0.717, 1.165) is 38.5 Å². The van der Waals surface area contributed by atoms with E-state index in [1.54, 1.807) is 24.3 Å². The predicted octanol–water partition coefficient (Wildman–Crippen LogP) is 6.79. The Morgan fingerprint density at radius 2 is 1.76 bits per heavy atom. The van der Waals surface area contributed by atoms with Crippen LogP contribution in [0.5, 0.6) is 0 Å². The number of hydrogen-bond acceptors (Lipinski definition) is 2. The van der Waals surface area contributed by atoms with E-state index in [4.69, 9.17) is 28.9 Å². The van der Waals surface area contributed by atoms with Crippen molar-refractivity contribution in [2.24, 2.45) is 5.73 Å². The van der Waals surface area contributed by atoms with Crippen molar-refractivity contribution >= 4 is 50.9 Å². The molecule has 1 amide bonds. The third-order valence-electron chi connectivity index (χ3n) is 5.86. The topological polar surface area (TPSA) is 71.8 Å². The van der Waals surface area contributed by atoms with Crippen molar-refractivity contribution in [3.8, 4) is 17.2 Å². The molecule has 5 aromatic rings. The second-order valence-corrected chi connectivity index (χ2v) is 8.62. The van der Waals surface area contributed by atoms with E-state index < -0.39 is 5.91 Å². The number of fused-ring (bicyclic) bond motifs is 3. The lowest BCUT2D eigenvalue weighted by Gasteiger charge is -2.11. The molecule has 0 saturated heterocycles. The third-order valence-corrected chi connectivity index (χ3v) is 6.41. The molecule has 0 spiro atoms. The summed E-state index contributed by atoms with van der Waals surface area (Å²) in [5, 5.41) is 12.4. The highest BCUT2D eigenvalue weighted by atomic mass is 35.5. The molecule has 5 rings (SSSR count). The number of amides is 1. The number of halogens is 2. The van der Waals surface area contributed by atoms with Gasteiger partial charge in [-0.3, -0.25) is 4.79 Å². The van der Waals surface area contributed by atoms with Crippen LogP contribution in [0.15, 0.2) is 78.9 Å². The zero-order valence-electron chi connectivity index (χ0n) is 17.3. The van der Waals surface area contributed by atoms with Gasteiger partial charge in [-0.1, -0.05) is 65.7 Å². The second kappa shape index (κ2) is 8.29. The number of aromatic nitrogens is 1. The number of benzene rings is 4.